The second-order valence-corrected chi connectivity index (χ2v) is 4.04. The molecule has 0 unspecified atom stereocenters. The molecule has 1 saturated heterocycles. The molecule has 0 atom stereocenters. The molecule has 0 spiro atoms. The predicted octanol–water partition coefficient (Wildman–Crippen LogP) is 1.05. The molecule has 1 aromatic rings. The Morgan fingerprint density at radius 3 is 2.79 bits per heavy atom. The highest BCUT2D eigenvalue weighted by Crippen LogP contribution is 2.31. The average molecular weight is 266 g/mol. The van der Waals surface area contributed by atoms with Crippen LogP contribution in [0.15, 0.2) is 12.3 Å². The number of ether oxygens (including phenoxy) is 1. The van der Waals surface area contributed by atoms with Crippen molar-refractivity contribution in [3.05, 3.63) is 12.3 Å². The lowest BCUT2D eigenvalue weighted by molar-refractivity contribution is 0.209. The standard InChI is InChI=1S/C11H14N4O4/c1-14-3-4-15(11(14)18)8-5-7(13-10(16)17)6-12-9(8)19-2/h5-6,13H,3-4H2,1-2H3,(H,16,17). The van der Waals surface area contributed by atoms with E-state index in [0.717, 1.165) is 0 Å². The summed E-state index contributed by atoms with van der Waals surface area (Å²) in [6.07, 6.45) is 0.142. The van der Waals surface area contributed by atoms with Crippen molar-refractivity contribution in [1.82, 2.24) is 9.88 Å². The number of urea groups is 1. The lowest BCUT2D eigenvalue weighted by atomic mass is 10.3. The summed E-state index contributed by atoms with van der Waals surface area (Å²) in [6, 6.07) is 1.35. The van der Waals surface area contributed by atoms with E-state index in [9.17, 15) is 9.59 Å². The third-order valence-electron chi connectivity index (χ3n) is 2.78. The van der Waals surface area contributed by atoms with Gasteiger partial charge < -0.3 is 14.7 Å². The van der Waals surface area contributed by atoms with E-state index >= 15 is 0 Å². The van der Waals surface area contributed by atoms with Gasteiger partial charge in [0.05, 0.1) is 19.0 Å². The van der Waals surface area contributed by atoms with E-state index in [1.54, 1.807) is 11.9 Å². The number of anilines is 2. The van der Waals surface area contributed by atoms with E-state index in [-0.39, 0.29) is 17.6 Å². The van der Waals surface area contributed by atoms with Crippen LogP contribution >= 0.6 is 0 Å². The number of nitrogens with one attached hydrogen (secondary N) is 1. The number of aromatic nitrogens is 1. The molecule has 0 bridgehead atoms. The maximum absolute atomic E-state index is 11.9. The van der Waals surface area contributed by atoms with Gasteiger partial charge in [0.2, 0.25) is 5.88 Å². The molecule has 2 rings (SSSR count). The summed E-state index contributed by atoms with van der Waals surface area (Å²) in [6.45, 7) is 1.10. The number of carbonyl (C=O) groups excluding carboxylic acids is 1. The molecule has 1 aliphatic heterocycles. The largest absolute Gasteiger partial charge is 0.480 e. The van der Waals surface area contributed by atoms with Crippen LogP contribution in [0.2, 0.25) is 0 Å². The number of hydrogen-bond acceptors (Lipinski definition) is 4. The molecule has 3 amide bonds. The minimum atomic E-state index is -1.19. The molecular weight excluding hydrogens is 252 g/mol. The molecule has 1 fully saturated rings. The van der Waals surface area contributed by atoms with E-state index in [4.69, 9.17) is 9.84 Å². The lowest BCUT2D eigenvalue weighted by Gasteiger charge is -2.18. The van der Waals surface area contributed by atoms with Crippen LogP contribution in [-0.4, -0.2) is 54.4 Å². The monoisotopic (exact) mass is 266 g/mol. The first-order chi connectivity index (χ1) is 9.02. The van der Waals surface area contributed by atoms with Crippen LogP contribution < -0.4 is 15.0 Å². The highest BCUT2D eigenvalue weighted by Gasteiger charge is 2.29. The maximum atomic E-state index is 11.9. The number of pyridine rings is 1. The van der Waals surface area contributed by atoms with Crippen molar-refractivity contribution in [3.63, 3.8) is 0 Å². The molecule has 102 valence electrons. The zero-order chi connectivity index (χ0) is 14.0. The van der Waals surface area contributed by atoms with E-state index in [1.165, 1.54) is 24.3 Å². The van der Waals surface area contributed by atoms with Gasteiger partial charge in [-0.05, 0) is 6.07 Å². The van der Waals surface area contributed by atoms with Gasteiger partial charge in [-0.15, -0.1) is 0 Å². The summed E-state index contributed by atoms with van der Waals surface area (Å²) in [4.78, 5) is 29.6. The van der Waals surface area contributed by atoms with E-state index < -0.39 is 6.09 Å². The SMILES string of the molecule is COc1ncc(NC(=O)O)cc1N1CCN(C)C1=O. The van der Waals surface area contributed by atoms with E-state index in [0.29, 0.717) is 18.8 Å². The molecule has 8 nitrogen and oxygen atoms in total. The number of carboxylic acid groups (broad SMARTS) is 1. The van der Waals surface area contributed by atoms with Crippen molar-refractivity contribution in [2.75, 3.05) is 37.5 Å². The fraction of sp³-hybridized carbons (Fsp3) is 0.364. The van der Waals surface area contributed by atoms with Gasteiger partial charge in [-0.25, -0.2) is 14.6 Å². The molecule has 0 aromatic carbocycles. The Kier molecular flexibility index (Phi) is 3.41. The molecule has 2 heterocycles. The zero-order valence-corrected chi connectivity index (χ0v) is 10.6. The first kappa shape index (κ1) is 12.9. The van der Waals surface area contributed by atoms with Crippen LogP contribution in [0, 0.1) is 0 Å². The molecule has 1 aromatic heterocycles. The number of hydrogen-bond donors (Lipinski definition) is 2. The highest BCUT2D eigenvalue weighted by atomic mass is 16.5. The van der Waals surface area contributed by atoms with E-state index in [1.807, 2.05) is 0 Å². The minimum Gasteiger partial charge on any atom is -0.480 e. The third-order valence-corrected chi connectivity index (χ3v) is 2.78. The van der Waals surface area contributed by atoms with Gasteiger partial charge in [-0.3, -0.25) is 10.2 Å². The highest BCUT2D eigenvalue weighted by molar-refractivity contribution is 5.96. The van der Waals surface area contributed by atoms with Gasteiger partial charge in [0, 0.05) is 20.1 Å². The van der Waals surface area contributed by atoms with Crippen molar-refractivity contribution in [1.29, 1.82) is 0 Å². The molecule has 19 heavy (non-hydrogen) atoms. The normalized spacial score (nSPS) is 14.7. The summed E-state index contributed by atoms with van der Waals surface area (Å²) in [5.41, 5.74) is 0.730. The van der Waals surface area contributed by atoms with E-state index in [2.05, 4.69) is 10.3 Å². The van der Waals surface area contributed by atoms with Crippen LogP contribution in [0.4, 0.5) is 21.0 Å². The summed E-state index contributed by atoms with van der Waals surface area (Å²) >= 11 is 0. The zero-order valence-electron chi connectivity index (χ0n) is 10.6. The fourth-order valence-corrected chi connectivity index (χ4v) is 1.85. The molecule has 8 heteroatoms. The summed E-state index contributed by atoms with van der Waals surface area (Å²) in [5.74, 6) is 0.277. The summed E-state index contributed by atoms with van der Waals surface area (Å²) in [5, 5.41) is 10.9. The summed E-state index contributed by atoms with van der Waals surface area (Å²) < 4.78 is 5.10. The fourth-order valence-electron chi connectivity index (χ4n) is 1.85. The third kappa shape index (κ3) is 2.51. The van der Waals surface area contributed by atoms with Gasteiger partial charge in [0.1, 0.15) is 5.69 Å². The molecule has 0 radical (unpaired) electrons. The molecule has 1 aliphatic rings. The number of methoxy groups -OCH3 is 1. The predicted molar refractivity (Wildman–Crippen MR) is 67.8 cm³/mol. The van der Waals surface area contributed by atoms with Gasteiger partial charge in [0.25, 0.3) is 0 Å². The van der Waals surface area contributed by atoms with Crippen LogP contribution in [0.25, 0.3) is 0 Å². The average Bonchev–Trinajstić information content (AvgIpc) is 2.69. The molecular formula is C11H14N4O4. The van der Waals surface area contributed by atoms with Crippen molar-refractivity contribution in [3.8, 4) is 5.88 Å². The topological polar surface area (TPSA) is 95.0 Å². The van der Waals surface area contributed by atoms with Gasteiger partial charge >= 0.3 is 12.1 Å². The Labute approximate surface area is 109 Å². The van der Waals surface area contributed by atoms with Gasteiger partial charge in [-0.2, -0.15) is 0 Å². The smallest absolute Gasteiger partial charge is 0.409 e. The van der Waals surface area contributed by atoms with Crippen LogP contribution in [0.3, 0.4) is 0 Å². The van der Waals surface area contributed by atoms with Crippen molar-refractivity contribution in [2.45, 2.75) is 0 Å². The Balaban J connectivity index is 2.36. The second kappa shape index (κ2) is 5.01. The van der Waals surface area contributed by atoms with Crippen LogP contribution in [0.1, 0.15) is 0 Å². The second-order valence-electron chi connectivity index (χ2n) is 4.04. The van der Waals surface area contributed by atoms with Gasteiger partial charge in [-0.1, -0.05) is 0 Å². The number of rotatable bonds is 3. The molecule has 0 aliphatic carbocycles. The molecule has 0 saturated carbocycles. The number of carbonyl (C=O) groups is 2. The Morgan fingerprint density at radius 2 is 2.26 bits per heavy atom. The minimum absolute atomic E-state index is 0.174. The number of likely N-dealkylation sites (N-methyl/N-ethyl adjacent to an activating group) is 1. The number of nitrogens with zero attached hydrogens (tertiary/aromatic N) is 3. The summed E-state index contributed by atoms with van der Waals surface area (Å²) in [7, 11) is 3.14. The van der Waals surface area contributed by atoms with Crippen LogP contribution in [0.5, 0.6) is 5.88 Å². The lowest BCUT2D eigenvalue weighted by Crippen LogP contribution is -2.29. The Morgan fingerprint density at radius 1 is 1.53 bits per heavy atom. The molecule has 2 N–H and O–H groups in total. The first-order valence-corrected chi connectivity index (χ1v) is 5.59. The maximum Gasteiger partial charge on any atom is 0.409 e. The Hall–Kier alpha value is -2.51. The quantitative estimate of drug-likeness (QED) is 0.852. The van der Waals surface area contributed by atoms with Crippen molar-refractivity contribution < 1.29 is 19.4 Å². The van der Waals surface area contributed by atoms with Crippen molar-refractivity contribution >= 4 is 23.5 Å². The first-order valence-electron chi connectivity index (χ1n) is 5.59. The van der Waals surface area contributed by atoms with Crippen molar-refractivity contribution in [2.24, 2.45) is 0 Å². The number of amides is 3. The Bertz CT molecular complexity index is 519. The van der Waals surface area contributed by atoms with Gasteiger partial charge in [0.15, 0.2) is 0 Å². The van der Waals surface area contributed by atoms with Crippen LogP contribution in [-0.2, 0) is 0 Å².